The number of nitrogens with one attached hydrogen (secondary N) is 1. The number of rotatable bonds is 8. The van der Waals surface area contributed by atoms with Crippen LogP contribution < -0.4 is 10.1 Å². The van der Waals surface area contributed by atoms with Crippen LogP contribution in [0, 0.1) is 11.3 Å². The predicted molar refractivity (Wildman–Crippen MR) is 105 cm³/mol. The summed E-state index contributed by atoms with van der Waals surface area (Å²) in [6.07, 6.45) is 1.96. The molecule has 0 aliphatic carbocycles. The average Bonchev–Trinajstić information content (AvgIpc) is 3.37. The second kappa shape index (κ2) is 9.15. The summed E-state index contributed by atoms with van der Waals surface area (Å²) in [4.78, 5) is 12.4. The molecule has 1 N–H and O–H groups in total. The van der Waals surface area contributed by atoms with E-state index in [0.29, 0.717) is 28.1 Å². The van der Waals surface area contributed by atoms with Gasteiger partial charge in [0.2, 0.25) is 5.13 Å². The zero-order valence-electron chi connectivity index (χ0n) is 15.6. The Labute approximate surface area is 167 Å². The predicted octanol–water partition coefficient (Wildman–Crippen LogP) is 4.74. The summed E-state index contributed by atoms with van der Waals surface area (Å²) in [6, 6.07) is 12.3. The zero-order chi connectivity index (χ0) is 19.9. The van der Waals surface area contributed by atoms with Crippen molar-refractivity contribution in [2.45, 2.75) is 39.2 Å². The number of carbonyl (C=O) groups excluding carboxylic acids is 1. The minimum Gasteiger partial charge on any atom is -0.484 e. The highest BCUT2D eigenvalue weighted by atomic mass is 32.1. The topological polar surface area (TPSA) is 101 Å². The molecule has 144 valence electrons. The van der Waals surface area contributed by atoms with E-state index in [1.807, 2.05) is 0 Å². The Morgan fingerprint density at radius 3 is 2.79 bits per heavy atom. The van der Waals surface area contributed by atoms with Gasteiger partial charge in [0.1, 0.15) is 29.2 Å². The summed E-state index contributed by atoms with van der Waals surface area (Å²) < 4.78 is 11.2. The standard InChI is InChI=1S/C20H20N4O3S/c1-3-13(4-2)19-23-24-20(28-19)22-18(25)17-10-9-15(27-17)12-26-16-8-6-5-7-14(16)11-21/h5-10,13H,3-4,12H2,1-2H3,(H,22,24,25). The fourth-order valence-electron chi connectivity index (χ4n) is 2.66. The summed E-state index contributed by atoms with van der Waals surface area (Å²) in [5.74, 6) is 1.07. The van der Waals surface area contributed by atoms with Gasteiger partial charge in [0, 0.05) is 5.92 Å². The van der Waals surface area contributed by atoms with Crippen molar-refractivity contribution in [3.63, 3.8) is 0 Å². The van der Waals surface area contributed by atoms with Crippen molar-refractivity contribution in [2.75, 3.05) is 5.32 Å². The van der Waals surface area contributed by atoms with Crippen LogP contribution in [0.2, 0.25) is 0 Å². The van der Waals surface area contributed by atoms with Gasteiger partial charge in [0.05, 0.1) is 5.56 Å². The van der Waals surface area contributed by atoms with Crippen molar-refractivity contribution in [2.24, 2.45) is 0 Å². The Morgan fingerprint density at radius 1 is 1.25 bits per heavy atom. The van der Waals surface area contributed by atoms with E-state index in [1.165, 1.54) is 11.3 Å². The minimum atomic E-state index is -0.393. The number of anilines is 1. The van der Waals surface area contributed by atoms with Crippen LogP contribution in [-0.2, 0) is 6.61 Å². The Balaban J connectivity index is 1.60. The molecule has 1 aromatic carbocycles. The number of aromatic nitrogens is 2. The molecule has 0 fully saturated rings. The molecule has 7 nitrogen and oxygen atoms in total. The fourth-order valence-corrected chi connectivity index (χ4v) is 3.66. The highest BCUT2D eigenvalue weighted by Gasteiger charge is 2.17. The van der Waals surface area contributed by atoms with Crippen molar-refractivity contribution in [1.82, 2.24) is 10.2 Å². The minimum absolute atomic E-state index is 0.115. The van der Waals surface area contributed by atoms with E-state index in [4.69, 9.17) is 14.4 Å². The number of carbonyl (C=O) groups is 1. The number of nitrogens with zero attached hydrogens (tertiary/aromatic N) is 3. The van der Waals surface area contributed by atoms with E-state index in [0.717, 1.165) is 17.8 Å². The van der Waals surface area contributed by atoms with Gasteiger partial charge in [0.25, 0.3) is 5.91 Å². The van der Waals surface area contributed by atoms with Gasteiger partial charge in [0.15, 0.2) is 5.76 Å². The Kier molecular flexibility index (Phi) is 6.40. The molecule has 2 aromatic heterocycles. The lowest BCUT2D eigenvalue weighted by Crippen LogP contribution is -2.10. The van der Waals surface area contributed by atoms with Gasteiger partial charge in [-0.15, -0.1) is 10.2 Å². The summed E-state index contributed by atoms with van der Waals surface area (Å²) >= 11 is 1.38. The van der Waals surface area contributed by atoms with Gasteiger partial charge in [-0.25, -0.2) is 0 Å². The van der Waals surface area contributed by atoms with E-state index >= 15 is 0 Å². The molecule has 28 heavy (non-hydrogen) atoms. The first-order valence-corrected chi connectivity index (χ1v) is 9.81. The molecule has 0 unspecified atom stereocenters. The van der Waals surface area contributed by atoms with Crippen molar-refractivity contribution in [3.8, 4) is 11.8 Å². The van der Waals surface area contributed by atoms with Crippen molar-refractivity contribution < 1.29 is 13.9 Å². The van der Waals surface area contributed by atoms with E-state index in [9.17, 15) is 4.79 Å². The first-order valence-electron chi connectivity index (χ1n) is 9.00. The van der Waals surface area contributed by atoms with E-state index in [-0.39, 0.29) is 12.4 Å². The molecule has 0 spiro atoms. The van der Waals surface area contributed by atoms with Crippen molar-refractivity contribution in [3.05, 3.63) is 58.5 Å². The monoisotopic (exact) mass is 396 g/mol. The summed E-state index contributed by atoms with van der Waals surface area (Å²) in [5, 5.41) is 21.4. The number of nitriles is 1. The molecule has 0 aliphatic rings. The van der Waals surface area contributed by atoms with Gasteiger partial charge in [-0.2, -0.15) is 5.26 Å². The number of para-hydroxylation sites is 1. The van der Waals surface area contributed by atoms with Crippen molar-refractivity contribution in [1.29, 1.82) is 5.26 Å². The molecule has 0 atom stereocenters. The Hall–Kier alpha value is -3.18. The molecule has 3 aromatic rings. The number of hydrogen-bond donors (Lipinski definition) is 1. The molecule has 0 bridgehead atoms. The van der Waals surface area contributed by atoms with Gasteiger partial charge in [-0.1, -0.05) is 37.3 Å². The van der Waals surface area contributed by atoms with E-state index in [2.05, 4.69) is 35.4 Å². The third-order valence-corrected chi connectivity index (χ3v) is 5.26. The van der Waals surface area contributed by atoms with Crippen LogP contribution in [-0.4, -0.2) is 16.1 Å². The van der Waals surface area contributed by atoms with E-state index in [1.54, 1.807) is 36.4 Å². The van der Waals surface area contributed by atoms with Crippen LogP contribution in [0.25, 0.3) is 0 Å². The van der Waals surface area contributed by atoms with Gasteiger partial charge >= 0.3 is 0 Å². The van der Waals surface area contributed by atoms with Crippen LogP contribution >= 0.6 is 11.3 Å². The summed E-state index contributed by atoms with van der Waals surface area (Å²) in [6.45, 7) is 4.33. The number of ether oxygens (including phenoxy) is 1. The molecule has 0 saturated heterocycles. The highest BCUT2D eigenvalue weighted by Crippen LogP contribution is 2.28. The van der Waals surface area contributed by atoms with Crippen LogP contribution in [0.1, 0.15) is 59.5 Å². The summed E-state index contributed by atoms with van der Waals surface area (Å²) in [5.41, 5.74) is 0.441. The molecule has 2 heterocycles. The van der Waals surface area contributed by atoms with Crippen LogP contribution in [0.15, 0.2) is 40.8 Å². The SMILES string of the molecule is CCC(CC)c1nnc(NC(=O)c2ccc(COc3ccccc3C#N)o2)s1. The number of amides is 1. The van der Waals surface area contributed by atoms with E-state index < -0.39 is 5.91 Å². The maximum Gasteiger partial charge on any atom is 0.293 e. The molecule has 0 aliphatic heterocycles. The molecule has 0 radical (unpaired) electrons. The first-order chi connectivity index (χ1) is 13.6. The average molecular weight is 396 g/mol. The third kappa shape index (κ3) is 4.56. The largest absolute Gasteiger partial charge is 0.484 e. The highest BCUT2D eigenvalue weighted by molar-refractivity contribution is 7.15. The molecule has 0 saturated carbocycles. The van der Waals surface area contributed by atoms with Crippen LogP contribution in [0.5, 0.6) is 5.75 Å². The molecular formula is C20H20N4O3S. The Morgan fingerprint density at radius 2 is 2.04 bits per heavy atom. The normalized spacial score (nSPS) is 10.6. The number of furan rings is 1. The molecule has 8 heteroatoms. The number of hydrogen-bond acceptors (Lipinski definition) is 7. The lowest BCUT2D eigenvalue weighted by molar-refractivity contribution is 0.0992. The maximum absolute atomic E-state index is 12.4. The quantitative estimate of drug-likeness (QED) is 0.590. The first kappa shape index (κ1) is 19.6. The second-order valence-corrected chi connectivity index (χ2v) is 7.08. The Bertz CT molecular complexity index is 985. The maximum atomic E-state index is 12.4. The lowest BCUT2D eigenvalue weighted by atomic mass is 10.1. The fraction of sp³-hybridized carbons (Fsp3) is 0.300. The van der Waals surface area contributed by atoms with Gasteiger partial charge < -0.3 is 9.15 Å². The lowest BCUT2D eigenvalue weighted by Gasteiger charge is -2.05. The number of benzene rings is 1. The summed E-state index contributed by atoms with van der Waals surface area (Å²) in [7, 11) is 0. The second-order valence-electron chi connectivity index (χ2n) is 6.08. The smallest absolute Gasteiger partial charge is 0.293 e. The van der Waals surface area contributed by atoms with Gasteiger partial charge in [-0.05, 0) is 37.1 Å². The van der Waals surface area contributed by atoms with Crippen LogP contribution in [0.4, 0.5) is 5.13 Å². The van der Waals surface area contributed by atoms with Crippen LogP contribution in [0.3, 0.4) is 0 Å². The third-order valence-electron chi connectivity index (χ3n) is 4.26. The van der Waals surface area contributed by atoms with Crippen molar-refractivity contribution >= 4 is 22.4 Å². The molecular weight excluding hydrogens is 376 g/mol. The zero-order valence-corrected chi connectivity index (χ0v) is 16.5. The molecule has 3 rings (SSSR count). The van der Waals surface area contributed by atoms with Gasteiger partial charge in [-0.3, -0.25) is 10.1 Å². The molecule has 1 amide bonds.